The number of allylic oxidation sites excluding steroid dienone is 5. The Labute approximate surface area is 251 Å². The molecule has 4 aromatic rings. The summed E-state index contributed by atoms with van der Waals surface area (Å²) in [5.74, 6) is 0.975. The van der Waals surface area contributed by atoms with E-state index in [0.717, 1.165) is 76.9 Å². The molecular weight excluding hydrogens is 542 g/mol. The number of piperidine rings is 1. The van der Waals surface area contributed by atoms with Crippen LogP contribution in [0.2, 0.25) is 0 Å². The number of fused-ring (bicyclic) bond motifs is 2. The van der Waals surface area contributed by atoms with E-state index in [0.29, 0.717) is 4.90 Å². The van der Waals surface area contributed by atoms with Crippen molar-refractivity contribution in [3.63, 3.8) is 0 Å². The maximum Gasteiger partial charge on any atom is 0.162 e. The Kier molecular flexibility index (Phi) is 9.36. The number of aromatic nitrogens is 3. The van der Waals surface area contributed by atoms with Crippen molar-refractivity contribution in [2.75, 3.05) is 19.6 Å². The van der Waals surface area contributed by atoms with Crippen molar-refractivity contribution in [3.8, 4) is 11.1 Å². The zero-order valence-corrected chi connectivity index (χ0v) is 25.7. The Hall–Kier alpha value is -3.59. The first-order valence-electron chi connectivity index (χ1n) is 14.8. The molecule has 220 valence electrons. The molecule has 2 aromatic heterocycles. The van der Waals surface area contributed by atoms with E-state index in [1.807, 2.05) is 61.1 Å². The van der Waals surface area contributed by atoms with Gasteiger partial charge in [-0.3, -0.25) is 4.90 Å². The Morgan fingerprint density at radius 2 is 1.83 bits per heavy atom. The largest absolute Gasteiger partial charge is 0.491 e. The molecule has 2 N–H and O–H groups in total. The van der Waals surface area contributed by atoms with Gasteiger partial charge in [-0.25, -0.2) is 18.8 Å². The topological polar surface area (TPSA) is 85.7 Å². The van der Waals surface area contributed by atoms with Gasteiger partial charge < -0.3 is 4.74 Å². The van der Waals surface area contributed by atoms with Crippen LogP contribution in [0.5, 0.6) is 0 Å². The molecule has 0 spiro atoms. The molecule has 1 unspecified atom stereocenters. The predicted octanol–water partition coefficient (Wildman–Crippen LogP) is 7.07. The van der Waals surface area contributed by atoms with Crippen molar-refractivity contribution < 1.29 is 8.95 Å². The summed E-state index contributed by atoms with van der Waals surface area (Å²) >= 11 is 0. The van der Waals surface area contributed by atoms with Crippen LogP contribution in [0.3, 0.4) is 0 Å². The average Bonchev–Trinajstić information content (AvgIpc) is 3.40. The number of ether oxygens (including phenoxy) is 1. The Bertz CT molecular complexity index is 1660. The van der Waals surface area contributed by atoms with Gasteiger partial charge in [-0.2, -0.15) is 5.10 Å². The number of rotatable bonds is 11. The van der Waals surface area contributed by atoms with E-state index in [9.17, 15) is 4.21 Å². The van der Waals surface area contributed by atoms with Crippen LogP contribution in [-0.2, 0) is 15.7 Å². The van der Waals surface area contributed by atoms with Gasteiger partial charge in [-0.1, -0.05) is 62.4 Å². The SMILES string of the molecule is C=C/C(=C\C=C(/CCC)OC(C)(C)CN1CCCCC1)c1cnc2c(-c3ccc(S(N)=O)c4ccccc34)cnn2c1. The van der Waals surface area contributed by atoms with Crippen molar-refractivity contribution in [1.29, 1.82) is 0 Å². The number of benzene rings is 2. The summed E-state index contributed by atoms with van der Waals surface area (Å²) in [6.07, 6.45) is 17.4. The van der Waals surface area contributed by atoms with Crippen LogP contribution in [0.1, 0.15) is 58.4 Å². The molecule has 5 rings (SSSR count). The van der Waals surface area contributed by atoms with Crippen LogP contribution in [0.15, 0.2) is 90.5 Å². The van der Waals surface area contributed by atoms with Gasteiger partial charge in [0.2, 0.25) is 0 Å². The molecule has 1 fully saturated rings. The number of nitrogens with two attached hydrogens (primary N) is 1. The zero-order valence-electron chi connectivity index (χ0n) is 24.9. The van der Waals surface area contributed by atoms with Gasteiger partial charge >= 0.3 is 0 Å². The molecule has 0 aliphatic carbocycles. The molecule has 0 amide bonds. The van der Waals surface area contributed by atoms with Crippen molar-refractivity contribution in [2.45, 2.75) is 63.4 Å². The maximum absolute atomic E-state index is 12.1. The molecule has 1 aliphatic heterocycles. The number of hydrogen-bond donors (Lipinski definition) is 1. The fraction of sp³-hybridized carbons (Fsp3) is 0.353. The molecule has 0 radical (unpaired) electrons. The van der Waals surface area contributed by atoms with Gasteiger partial charge in [-0.15, -0.1) is 0 Å². The van der Waals surface area contributed by atoms with Gasteiger partial charge in [-0.05, 0) is 80.3 Å². The summed E-state index contributed by atoms with van der Waals surface area (Å²) in [5.41, 5.74) is 4.17. The Balaban J connectivity index is 1.42. The second kappa shape index (κ2) is 13.2. The molecule has 1 aliphatic rings. The predicted molar refractivity (Wildman–Crippen MR) is 173 cm³/mol. The van der Waals surface area contributed by atoms with Crippen molar-refractivity contribution >= 4 is 33.0 Å². The van der Waals surface area contributed by atoms with E-state index in [1.54, 1.807) is 4.52 Å². The smallest absolute Gasteiger partial charge is 0.162 e. The van der Waals surface area contributed by atoms with Gasteiger partial charge in [0.15, 0.2) is 5.65 Å². The van der Waals surface area contributed by atoms with Gasteiger partial charge in [0.05, 0.1) is 16.9 Å². The lowest BCUT2D eigenvalue weighted by Crippen LogP contribution is -2.42. The van der Waals surface area contributed by atoms with Gasteiger partial charge in [0.1, 0.15) is 16.6 Å². The van der Waals surface area contributed by atoms with E-state index >= 15 is 0 Å². The second-order valence-corrected chi connectivity index (χ2v) is 12.6. The maximum atomic E-state index is 12.1. The molecule has 42 heavy (non-hydrogen) atoms. The lowest BCUT2D eigenvalue weighted by molar-refractivity contribution is -0.00511. The van der Waals surface area contributed by atoms with Crippen molar-refractivity contribution in [3.05, 3.63) is 91.1 Å². The first kappa shape index (κ1) is 29.9. The minimum atomic E-state index is -1.58. The van der Waals surface area contributed by atoms with Crippen LogP contribution in [0.4, 0.5) is 0 Å². The van der Waals surface area contributed by atoms with Gasteiger partial charge in [0.25, 0.3) is 0 Å². The molecule has 2 aromatic carbocycles. The lowest BCUT2D eigenvalue weighted by atomic mass is 10.00. The molecular formula is C34H41N5O2S. The summed E-state index contributed by atoms with van der Waals surface area (Å²) in [6.45, 7) is 13.8. The summed E-state index contributed by atoms with van der Waals surface area (Å²) in [5, 5.41) is 12.2. The first-order valence-corrected chi connectivity index (χ1v) is 16.0. The highest BCUT2D eigenvalue weighted by molar-refractivity contribution is 7.83. The number of hydrogen-bond acceptors (Lipinski definition) is 5. The first-order chi connectivity index (χ1) is 20.3. The third-order valence-electron chi connectivity index (χ3n) is 7.71. The number of likely N-dealkylation sites (tertiary alicyclic amines) is 1. The van der Waals surface area contributed by atoms with Crippen LogP contribution >= 0.6 is 0 Å². The second-order valence-electron chi connectivity index (χ2n) is 11.5. The van der Waals surface area contributed by atoms with E-state index in [4.69, 9.17) is 14.9 Å². The molecule has 1 saturated heterocycles. The minimum Gasteiger partial charge on any atom is -0.491 e. The Morgan fingerprint density at radius 3 is 2.55 bits per heavy atom. The molecule has 0 saturated carbocycles. The van der Waals surface area contributed by atoms with E-state index < -0.39 is 11.0 Å². The minimum absolute atomic E-state index is 0.270. The third-order valence-corrected chi connectivity index (χ3v) is 8.50. The molecule has 7 nitrogen and oxygen atoms in total. The highest BCUT2D eigenvalue weighted by atomic mass is 32.2. The quantitative estimate of drug-likeness (QED) is 0.151. The van der Waals surface area contributed by atoms with Crippen molar-refractivity contribution in [1.82, 2.24) is 19.5 Å². The summed E-state index contributed by atoms with van der Waals surface area (Å²) < 4.78 is 20.5. The Morgan fingerprint density at radius 1 is 1.07 bits per heavy atom. The number of nitrogens with zero attached hydrogens (tertiary/aromatic N) is 4. The lowest BCUT2D eigenvalue weighted by Gasteiger charge is -2.36. The molecule has 8 heteroatoms. The van der Waals surface area contributed by atoms with Gasteiger partial charge in [0, 0.05) is 36.5 Å². The summed E-state index contributed by atoms with van der Waals surface area (Å²) in [6, 6.07) is 11.6. The molecule has 0 bridgehead atoms. The highest BCUT2D eigenvalue weighted by Crippen LogP contribution is 2.34. The normalized spacial score (nSPS) is 16.2. The standard InChI is InChI=1S/C34H41N5O2S/c1-5-12-27(41-34(3,4)24-38-19-10-7-11-20-38)16-15-25(6-2)26-21-36-33-31(22-37-39(33)23-26)29-17-18-32(42(35)40)30-14-9-8-13-28(29)30/h6,8-9,13-18,21-23H,2,5,7,10-12,19-20,24,35H2,1,3-4H3/b25-15+,27-16+. The van der Waals surface area contributed by atoms with Crippen LogP contribution in [-0.4, -0.2) is 48.9 Å². The third kappa shape index (κ3) is 6.72. The fourth-order valence-electron chi connectivity index (χ4n) is 5.82. The summed E-state index contributed by atoms with van der Waals surface area (Å²) in [7, 11) is -1.58. The monoisotopic (exact) mass is 583 g/mol. The van der Waals surface area contributed by atoms with Crippen molar-refractivity contribution in [2.24, 2.45) is 5.14 Å². The van der Waals surface area contributed by atoms with Crippen LogP contribution in [0, 0.1) is 0 Å². The van der Waals surface area contributed by atoms with Crippen LogP contribution < -0.4 is 5.14 Å². The van der Waals surface area contributed by atoms with E-state index in [-0.39, 0.29) is 5.60 Å². The van der Waals surface area contributed by atoms with Crippen LogP contribution in [0.25, 0.3) is 33.1 Å². The zero-order chi connectivity index (χ0) is 29.7. The highest BCUT2D eigenvalue weighted by Gasteiger charge is 2.25. The molecule has 3 heterocycles. The average molecular weight is 584 g/mol. The summed E-state index contributed by atoms with van der Waals surface area (Å²) in [4.78, 5) is 7.94. The molecule has 1 atom stereocenters. The van der Waals surface area contributed by atoms with E-state index in [1.165, 1.54) is 19.3 Å². The fourth-order valence-corrected chi connectivity index (χ4v) is 6.42. The van der Waals surface area contributed by atoms with E-state index in [2.05, 4.69) is 49.5 Å².